The van der Waals surface area contributed by atoms with Gasteiger partial charge in [-0.25, -0.2) is 4.79 Å². The minimum atomic E-state index is -1.24. The van der Waals surface area contributed by atoms with Crippen LogP contribution >= 0.6 is 0 Å². The van der Waals surface area contributed by atoms with Gasteiger partial charge in [0.15, 0.2) is 0 Å². The maximum Gasteiger partial charge on any atom is 0.329 e. The Kier molecular flexibility index (Phi) is 3.22. The first-order chi connectivity index (χ1) is 8.84. The summed E-state index contributed by atoms with van der Waals surface area (Å²) < 4.78 is 0. The molecule has 0 saturated heterocycles. The summed E-state index contributed by atoms with van der Waals surface area (Å²) in [6.45, 7) is 3.25. The molecular weight excluding hydrogens is 246 g/mol. The van der Waals surface area contributed by atoms with E-state index in [4.69, 9.17) is 0 Å². The fraction of sp³-hybridized carbons (Fsp3) is 0.429. The van der Waals surface area contributed by atoms with Gasteiger partial charge in [-0.3, -0.25) is 4.79 Å². The van der Waals surface area contributed by atoms with E-state index in [0.717, 1.165) is 12.8 Å². The van der Waals surface area contributed by atoms with Crippen molar-refractivity contribution in [2.45, 2.75) is 32.2 Å². The first-order valence-corrected chi connectivity index (χ1v) is 6.20. The second-order valence-corrected chi connectivity index (χ2v) is 5.24. The molecule has 1 atom stereocenters. The van der Waals surface area contributed by atoms with E-state index >= 15 is 0 Å². The van der Waals surface area contributed by atoms with Gasteiger partial charge < -0.3 is 15.5 Å². The van der Waals surface area contributed by atoms with E-state index in [2.05, 4.69) is 5.32 Å². The first-order valence-electron chi connectivity index (χ1n) is 6.20. The highest BCUT2D eigenvalue weighted by molar-refractivity contribution is 5.98. The highest BCUT2D eigenvalue weighted by Gasteiger charge is 2.48. The van der Waals surface area contributed by atoms with Crippen molar-refractivity contribution in [2.75, 3.05) is 0 Å². The normalized spacial score (nSPS) is 17.6. The monoisotopic (exact) mass is 263 g/mol. The van der Waals surface area contributed by atoms with Crippen molar-refractivity contribution < 1.29 is 19.8 Å². The lowest BCUT2D eigenvalue weighted by molar-refractivity contribution is -0.144. The van der Waals surface area contributed by atoms with Gasteiger partial charge in [-0.2, -0.15) is 0 Å². The Morgan fingerprint density at radius 1 is 1.37 bits per heavy atom. The predicted octanol–water partition coefficient (Wildman–Crippen LogP) is 1.68. The number of hydrogen-bond acceptors (Lipinski definition) is 3. The molecule has 1 fully saturated rings. The summed E-state index contributed by atoms with van der Waals surface area (Å²) in [5, 5.41) is 21.4. The highest BCUT2D eigenvalue weighted by Crippen LogP contribution is 2.39. The van der Waals surface area contributed by atoms with E-state index < -0.39 is 17.4 Å². The number of amides is 1. The Hall–Kier alpha value is -2.04. The molecule has 3 N–H and O–H groups in total. The number of phenols is 1. The lowest BCUT2D eigenvalue weighted by Crippen LogP contribution is -2.54. The van der Waals surface area contributed by atoms with Crippen LogP contribution in [0, 0.1) is 12.8 Å². The van der Waals surface area contributed by atoms with E-state index in [1.165, 1.54) is 13.0 Å². The van der Waals surface area contributed by atoms with Crippen LogP contribution in [0.4, 0.5) is 0 Å². The summed E-state index contributed by atoms with van der Waals surface area (Å²) in [6, 6.07) is 4.54. The number of aromatic hydroxyl groups is 1. The Bertz CT molecular complexity index is 536. The van der Waals surface area contributed by atoms with Crippen molar-refractivity contribution in [3.63, 3.8) is 0 Å². The van der Waals surface area contributed by atoms with Gasteiger partial charge in [0.25, 0.3) is 5.91 Å². The van der Waals surface area contributed by atoms with Gasteiger partial charge in [-0.15, -0.1) is 0 Å². The Balaban J connectivity index is 2.20. The van der Waals surface area contributed by atoms with E-state index in [9.17, 15) is 19.8 Å². The van der Waals surface area contributed by atoms with Crippen LogP contribution in [0.15, 0.2) is 18.2 Å². The fourth-order valence-corrected chi connectivity index (χ4v) is 2.05. The quantitative estimate of drug-likeness (QED) is 0.771. The third-order valence-electron chi connectivity index (χ3n) is 3.68. The van der Waals surface area contributed by atoms with Crippen LogP contribution < -0.4 is 5.32 Å². The minimum absolute atomic E-state index is 0.0204. The molecule has 0 aromatic heterocycles. The molecule has 2 rings (SSSR count). The van der Waals surface area contributed by atoms with Gasteiger partial charge >= 0.3 is 5.97 Å². The van der Waals surface area contributed by atoms with E-state index in [1.807, 2.05) is 0 Å². The Morgan fingerprint density at radius 2 is 2.00 bits per heavy atom. The second kappa shape index (κ2) is 4.57. The van der Waals surface area contributed by atoms with Crippen molar-refractivity contribution in [1.29, 1.82) is 0 Å². The molecule has 0 spiro atoms. The molecule has 1 aromatic carbocycles. The zero-order valence-corrected chi connectivity index (χ0v) is 10.9. The van der Waals surface area contributed by atoms with Crippen LogP contribution in [-0.4, -0.2) is 27.6 Å². The van der Waals surface area contributed by atoms with Crippen molar-refractivity contribution in [1.82, 2.24) is 5.32 Å². The number of carboxylic acids is 1. The second-order valence-electron chi connectivity index (χ2n) is 5.24. The smallest absolute Gasteiger partial charge is 0.329 e. The maximum atomic E-state index is 12.1. The topological polar surface area (TPSA) is 86.6 Å². The van der Waals surface area contributed by atoms with Gasteiger partial charge in [0, 0.05) is 5.56 Å². The maximum absolute atomic E-state index is 12.1. The largest absolute Gasteiger partial charge is 0.508 e. The van der Waals surface area contributed by atoms with Crippen molar-refractivity contribution in [2.24, 2.45) is 5.92 Å². The van der Waals surface area contributed by atoms with Gasteiger partial charge in [0.2, 0.25) is 0 Å². The average molecular weight is 263 g/mol. The molecular formula is C14H17NO4. The van der Waals surface area contributed by atoms with Crippen LogP contribution in [-0.2, 0) is 4.79 Å². The number of rotatable bonds is 4. The van der Waals surface area contributed by atoms with Crippen molar-refractivity contribution >= 4 is 11.9 Å². The molecule has 1 unspecified atom stereocenters. The summed E-state index contributed by atoms with van der Waals surface area (Å²) in [5.74, 6) is -1.50. The fourth-order valence-electron chi connectivity index (χ4n) is 2.05. The number of nitrogens with one attached hydrogen (secondary N) is 1. The average Bonchev–Trinajstić information content (AvgIpc) is 3.16. The summed E-state index contributed by atoms with van der Waals surface area (Å²) in [6.07, 6.45) is 1.62. The minimum Gasteiger partial charge on any atom is -0.508 e. The van der Waals surface area contributed by atoms with Crippen LogP contribution in [0.25, 0.3) is 0 Å². The van der Waals surface area contributed by atoms with Gasteiger partial charge in [-0.1, -0.05) is 6.07 Å². The number of hydrogen-bond donors (Lipinski definition) is 3. The molecule has 5 heteroatoms. The van der Waals surface area contributed by atoms with Crippen molar-refractivity contribution in [3.8, 4) is 5.75 Å². The zero-order chi connectivity index (χ0) is 14.2. The van der Waals surface area contributed by atoms with E-state index in [0.29, 0.717) is 5.56 Å². The van der Waals surface area contributed by atoms with Gasteiger partial charge in [-0.05, 0) is 50.3 Å². The number of carbonyl (C=O) groups is 2. The molecule has 1 aliphatic rings. The Morgan fingerprint density at radius 3 is 2.47 bits per heavy atom. The third-order valence-corrected chi connectivity index (χ3v) is 3.68. The van der Waals surface area contributed by atoms with Crippen LogP contribution in [0.5, 0.6) is 5.75 Å². The van der Waals surface area contributed by atoms with Crippen molar-refractivity contribution in [3.05, 3.63) is 29.3 Å². The first kappa shape index (κ1) is 13.4. The number of benzene rings is 1. The molecule has 0 radical (unpaired) electrons. The number of carboxylic acid groups (broad SMARTS) is 1. The molecule has 1 aromatic rings. The molecule has 0 bridgehead atoms. The van der Waals surface area contributed by atoms with Crippen LogP contribution in [0.2, 0.25) is 0 Å². The predicted molar refractivity (Wildman–Crippen MR) is 69.1 cm³/mol. The molecule has 0 aliphatic heterocycles. The number of aryl methyl sites for hydroxylation is 1. The highest BCUT2D eigenvalue weighted by atomic mass is 16.4. The molecule has 102 valence electrons. The summed E-state index contributed by atoms with van der Waals surface area (Å²) in [4.78, 5) is 23.4. The summed E-state index contributed by atoms with van der Waals surface area (Å²) >= 11 is 0. The summed E-state index contributed by atoms with van der Waals surface area (Å²) in [7, 11) is 0. The number of phenolic OH excluding ortho intramolecular Hbond substituents is 1. The van der Waals surface area contributed by atoms with Crippen LogP contribution in [0.3, 0.4) is 0 Å². The molecule has 5 nitrogen and oxygen atoms in total. The van der Waals surface area contributed by atoms with Gasteiger partial charge in [0.05, 0.1) is 0 Å². The number of aliphatic carboxylic acids is 1. The Labute approximate surface area is 111 Å². The molecule has 19 heavy (non-hydrogen) atoms. The van der Waals surface area contributed by atoms with Gasteiger partial charge in [0.1, 0.15) is 11.3 Å². The van der Waals surface area contributed by atoms with Crippen LogP contribution in [0.1, 0.15) is 35.7 Å². The standard InChI is InChI=1S/C14H17NO4/c1-8-3-4-9(7-11(8)16)12(17)15-14(2,13(18)19)10-5-6-10/h3-4,7,10,16H,5-6H2,1-2H3,(H,15,17)(H,18,19). The lowest BCUT2D eigenvalue weighted by Gasteiger charge is -2.26. The SMILES string of the molecule is Cc1ccc(C(=O)NC(C)(C(=O)O)C2CC2)cc1O. The van der Waals surface area contributed by atoms with E-state index in [1.54, 1.807) is 19.1 Å². The molecule has 0 heterocycles. The molecule has 1 amide bonds. The third kappa shape index (κ3) is 2.54. The van der Waals surface area contributed by atoms with E-state index in [-0.39, 0.29) is 17.2 Å². The summed E-state index contributed by atoms with van der Waals surface area (Å²) in [5.41, 5.74) is -0.312. The zero-order valence-electron chi connectivity index (χ0n) is 10.9. The lowest BCUT2D eigenvalue weighted by atomic mass is 9.95. The number of carbonyl (C=O) groups excluding carboxylic acids is 1. The molecule has 1 saturated carbocycles. The molecule has 1 aliphatic carbocycles.